The van der Waals surface area contributed by atoms with Gasteiger partial charge in [0.2, 0.25) is 11.5 Å². The average Bonchev–Trinajstić information content (AvgIpc) is 2.59. The van der Waals surface area contributed by atoms with Crippen molar-refractivity contribution < 1.29 is 14.3 Å². The predicted molar refractivity (Wildman–Crippen MR) is 85.2 cm³/mol. The standard InChI is InChI=1S/C16H23N3O4/c1-17-13(20)7-9-16(23-2)8-4-10-19(11-16)15(22)12-5-3-6-14(21)18-12/h3,5-6H,4,7-11H2,1-2H3,(H,17,20)(H,18,21)/t16-/m0/s1. The molecule has 1 aromatic heterocycles. The highest BCUT2D eigenvalue weighted by atomic mass is 16.5. The number of amides is 2. The molecule has 1 aliphatic heterocycles. The second-order valence-electron chi connectivity index (χ2n) is 5.82. The third-order valence-corrected chi connectivity index (χ3v) is 4.34. The largest absolute Gasteiger partial charge is 0.376 e. The lowest BCUT2D eigenvalue weighted by Crippen LogP contribution is -2.52. The van der Waals surface area contributed by atoms with Crippen LogP contribution in [0.5, 0.6) is 0 Å². The van der Waals surface area contributed by atoms with E-state index < -0.39 is 5.60 Å². The van der Waals surface area contributed by atoms with Crippen molar-refractivity contribution in [2.75, 3.05) is 27.2 Å². The molecule has 0 aliphatic carbocycles. The molecule has 1 fully saturated rings. The van der Waals surface area contributed by atoms with Crippen LogP contribution in [-0.4, -0.2) is 54.5 Å². The molecular formula is C16H23N3O4. The van der Waals surface area contributed by atoms with Gasteiger partial charge in [-0.15, -0.1) is 0 Å². The highest BCUT2D eigenvalue weighted by Gasteiger charge is 2.37. The molecule has 0 bridgehead atoms. The van der Waals surface area contributed by atoms with Crippen molar-refractivity contribution in [1.82, 2.24) is 15.2 Å². The van der Waals surface area contributed by atoms with Gasteiger partial charge in [-0.05, 0) is 25.3 Å². The van der Waals surface area contributed by atoms with E-state index in [1.807, 2.05) is 0 Å². The molecular weight excluding hydrogens is 298 g/mol. The van der Waals surface area contributed by atoms with Crippen LogP contribution in [0.2, 0.25) is 0 Å². The molecule has 23 heavy (non-hydrogen) atoms. The highest BCUT2D eigenvalue weighted by Crippen LogP contribution is 2.29. The van der Waals surface area contributed by atoms with Crippen molar-refractivity contribution in [3.8, 4) is 0 Å². The predicted octanol–water partition coefficient (Wildman–Crippen LogP) is 0.522. The third-order valence-electron chi connectivity index (χ3n) is 4.34. The number of aromatic amines is 1. The number of aromatic nitrogens is 1. The number of methoxy groups -OCH3 is 1. The second kappa shape index (κ2) is 7.41. The summed E-state index contributed by atoms with van der Waals surface area (Å²) in [6.45, 7) is 1.02. The molecule has 0 unspecified atom stereocenters. The Morgan fingerprint density at radius 2 is 2.22 bits per heavy atom. The second-order valence-corrected chi connectivity index (χ2v) is 5.82. The van der Waals surface area contributed by atoms with E-state index in [-0.39, 0.29) is 23.1 Å². The van der Waals surface area contributed by atoms with E-state index in [4.69, 9.17) is 4.74 Å². The minimum absolute atomic E-state index is 0.0442. The number of hydrogen-bond donors (Lipinski definition) is 2. The molecule has 1 aliphatic rings. The Morgan fingerprint density at radius 3 is 2.87 bits per heavy atom. The summed E-state index contributed by atoms with van der Waals surface area (Å²) in [5, 5.41) is 2.60. The van der Waals surface area contributed by atoms with Gasteiger partial charge in [-0.1, -0.05) is 6.07 Å². The van der Waals surface area contributed by atoms with Gasteiger partial charge in [0, 0.05) is 33.2 Å². The van der Waals surface area contributed by atoms with E-state index >= 15 is 0 Å². The first-order valence-electron chi connectivity index (χ1n) is 7.74. The zero-order valence-corrected chi connectivity index (χ0v) is 13.6. The van der Waals surface area contributed by atoms with Gasteiger partial charge in [0.1, 0.15) is 5.69 Å². The van der Waals surface area contributed by atoms with E-state index in [2.05, 4.69) is 10.3 Å². The van der Waals surface area contributed by atoms with Crippen molar-refractivity contribution in [2.45, 2.75) is 31.3 Å². The van der Waals surface area contributed by atoms with Crippen molar-refractivity contribution >= 4 is 11.8 Å². The molecule has 7 nitrogen and oxygen atoms in total. The quantitative estimate of drug-likeness (QED) is 0.827. The zero-order valence-electron chi connectivity index (χ0n) is 13.6. The third kappa shape index (κ3) is 4.19. The van der Waals surface area contributed by atoms with Gasteiger partial charge < -0.3 is 19.9 Å². The normalized spacial score (nSPS) is 21.0. The maximum atomic E-state index is 12.6. The van der Waals surface area contributed by atoms with Crippen molar-refractivity contribution in [1.29, 1.82) is 0 Å². The van der Waals surface area contributed by atoms with Gasteiger partial charge in [-0.25, -0.2) is 0 Å². The van der Waals surface area contributed by atoms with Crippen LogP contribution in [0.25, 0.3) is 0 Å². The summed E-state index contributed by atoms with van der Waals surface area (Å²) in [4.78, 5) is 39.7. The fourth-order valence-corrected chi connectivity index (χ4v) is 2.95. The molecule has 0 saturated carbocycles. The van der Waals surface area contributed by atoms with Gasteiger partial charge in [0.05, 0.1) is 12.1 Å². The van der Waals surface area contributed by atoms with Crippen LogP contribution in [0.4, 0.5) is 0 Å². The van der Waals surface area contributed by atoms with Gasteiger partial charge in [-0.3, -0.25) is 14.4 Å². The summed E-state index contributed by atoms with van der Waals surface area (Å²) in [5.41, 5.74) is -0.545. The maximum absolute atomic E-state index is 12.6. The van der Waals surface area contributed by atoms with Gasteiger partial charge in [-0.2, -0.15) is 0 Å². The Kier molecular flexibility index (Phi) is 5.54. The van der Waals surface area contributed by atoms with Crippen molar-refractivity contribution in [3.63, 3.8) is 0 Å². The number of pyridine rings is 1. The lowest BCUT2D eigenvalue weighted by Gasteiger charge is -2.41. The van der Waals surface area contributed by atoms with Gasteiger partial charge >= 0.3 is 0 Å². The molecule has 1 atom stereocenters. The summed E-state index contributed by atoms with van der Waals surface area (Å²) in [5.74, 6) is -0.263. The molecule has 0 spiro atoms. The summed E-state index contributed by atoms with van der Waals surface area (Å²) >= 11 is 0. The van der Waals surface area contributed by atoms with Crippen LogP contribution in [0.1, 0.15) is 36.2 Å². The first kappa shape index (κ1) is 17.2. The van der Waals surface area contributed by atoms with E-state index in [1.165, 1.54) is 6.07 Å². The number of piperidine rings is 1. The monoisotopic (exact) mass is 321 g/mol. The molecule has 126 valence electrons. The number of nitrogens with one attached hydrogen (secondary N) is 2. The fourth-order valence-electron chi connectivity index (χ4n) is 2.95. The topological polar surface area (TPSA) is 91.5 Å². The molecule has 2 amide bonds. The molecule has 1 saturated heterocycles. The summed E-state index contributed by atoms with van der Waals surface area (Å²) in [6, 6.07) is 4.53. The number of hydrogen-bond acceptors (Lipinski definition) is 4. The van der Waals surface area contributed by atoms with E-state index in [0.717, 1.165) is 12.8 Å². The number of carbonyl (C=O) groups excluding carboxylic acids is 2. The van der Waals surface area contributed by atoms with Crippen LogP contribution in [0.3, 0.4) is 0 Å². The molecule has 2 rings (SSSR count). The van der Waals surface area contributed by atoms with Crippen LogP contribution >= 0.6 is 0 Å². The minimum Gasteiger partial charge on any atom is -0.376 e. The molecule has 7 heteroatoms. The molecule has 0 radical (unpaired) electrons. The smallest absolute Gasteiger partial charge is 0.270 e. The Bertz CT molecular complexity index is 628. The number of H-pyrrole nitrogens is 1. The Morgan fingerprint density at radius 1 is 1.43 bits per heavy atom. The van der Waals surface area contributed by atoms with Crippen molar-refractivity contribution in [3.05, 3.63) is 34.2 Å². The zero-order chi connectivity index (χ0) is 16.9. The number of nitrogens with zero attached hydrogens (tertiary/aromatic N) is 1. The molecule has 2 N–H and O–H groups in total. The number of carbonyl (C=O) groups is 2. The fraction of sp³-hybridized carbons (Fsp3) is 0.562. The highest BCUT2D eigenvalue weighted by molar-refractivity contribution is 5.92. The van der Waals surface area contributed by atoms with E-state index in [0.29, 0.717) is 25.9 Å². The Balaban J connectivity index is 2.10. The van der Waals surface area contributed by atoms with Gasteiger partial charge in [0.25, 0.3) is 5.91 Å². The molecule has 0 aromatic carbocycles. The lowest BCUT2D eigenvalue weighted by atomic mass is 9.87. The Labute approximate surface area is 135 Å². The number of rotatable bonds is 5. The first-order valence-corrected chi connectivity index (χ1v) is 7.74. The van der Waals surface area contributed by atoms with Crippen LogP contribution in [0, 0.1) is 0 Å². The lowest BCUT2D eigenvalue weighted by molar-refractivity contribution is -0.123. The summed E-state index contributed by atoms with van der Waals surface area (Å²) in [6.07, 6.45) is 2.51. The SMILES string of the molecule is CNC(=O)CC[C@@]1(OC)CCCN(C(=O)c2cccc(=O)[nH]2)C1. The van der Waals surface area contributed by atoms with Crippen LogP contribution in [-0.2, 0) is 9.53 Å². The summed E-state index contributed by atoms with van der Waals surface area (Å²) in [7, 11) is 3.21. The first-order chi connectivity index (χ1) is 11.0. The van der Waals surface area contributed by atoms with Crippen molar-refractivity contribution in [2.24, 2.45) is 0 Å². The van der Waals surface area contributed by atoms with Crippen LogP contribution < -0.4 is 10.9 Å². The minimum atomic E-state index is -0.518. The average molecular weight is 321 g/mol. The van der Waals surface area contributed by atoms with Crippen LogP contribution in [0.15, 0.2) is 23.0 Å². The molecule has 2 heterocycles. The van der Waals surface area contributed by atoms with E-state index in [1.54, 1.807) is 31.2 Å². The molecule has 1 aromatic rings. The summed E-state index contributed by atoms with van der Waals surface area (Å²) < 4.78 is 5.67. The Hall–Kier alpha value is -2.15. The number of likely N-dealkylation sites (tertiary alicyclic amines) is 1. The van der Waals surface area contributed by atoms with Gasteiger partial charge in [0.15, 0.2) is 0 Å². The number of ether oxygens (including phenoxy) is 1. The van der Waals surface area contributed by atoms with E-state index in [9.17, 15) is 14.4 Å². The maximum Gasteiger partial charge on any atom is 0.270 e.